The zero-order chi connectivity index (χ0) is 76.5. The van der Waals surface area contributed by atoms with Crippen LogP contribution in [0, 0.1) is 17.8 Å². The normalized spacial score (nSPS) is 14.3. The molecule has 614 valence electrons. The fourth-order valence-corrected chi connectivity index (χ4v) is 14.2. The van der Waals surface area contributed by atoms with Gasteiger partial charge in [-0.1, -0.05) is 368 Å². The van der Waals surface area contributed by atoms with Crippen molar-refractivity contribution in [2.75, 3.05) is 39.6 Å². The highest BCUT2D eigenvalue weighted by Gasteiger charge is 2.30. The molecule has 0 radical (unpaired) electrons. The number of unbranched alkanes of at least 4 members (excludes halogenated alkanes) is 45. The number of rotatable bonds is 81. The van der Waals surface area contributed by atoms with Crippen LogP contribution in [0.1, 0.15) is 421 Å². The van der Waals surface area contributed by atoms with Gasteiger partial charge in [-0.15, -0.1) is 0 Å². The predicted molar refractivity (Wildman–Crippen MR) is 427 cm³/mol. The summed E-state index contributed by atoms with van der Waals surface area (Å²) in [6.45, 7) is 12.0. The lowest BCUT2D eigenvalue weighted by Gasteiger charge is -2.21. The number of carbonyl (C=O) groups is 4. The first-order valence-corrected chi connectivity index (χ1v) is 46.2. The van der Waals surface area contributed by atoms with Gasteiger partial charge in [0.1, 0.15) is 19.3 Å². The van der Waals surface area contributed by atoms with Crippen LogP contribution >= 0.6 is 15.6 Å². The standard InChI is InChI=1S/C85H162O17P2/c1-8-10-11-12-13-14-15-16-21-25-31-38-45-52-59-66-82(87)95-72-80(101-84(89)68-61-54-47-39-32-26-23-20-18-17-19-22-24-30-37-44-51-58-65-78(7)9-2)74-99-103(91,92)97-70-79(86)71-98-104(93,94)100-75-81(73-96-83(88)67-60-53-46-41-34-36-43-50-57-64-77(5)6)102-85(90)69-62-55-48-40-33-28-27-29-35-42-49-56-63-76(3)4/h14-16,21,76-81,86H,8-13,17-20,22-75H2,1-7H3,(H,91,92)(H,93,94)/b15-14-,21-16-/t78?,79-,80-,81-/m1/s1. The molecule has 104 heavy (non-hydrogen) atoms. The van der Waals surface area contributed by atoms with Crippen molar-refractivity contribution in [3.8, 4) is 0 Å². The zero-order valence-corrected chi connectivity index (χ0v) is 69.8. The summed E-state index contributed by atoms with van der Waals surface area (Å²) < 4.78 is 68.8. The Morgan fingerprint density at radius 1 is 0.317 bits per heavy atom. The van der Waals surface area contributed by atoms with Crippen molar-refractivity contribution in [1.82, 2.24) is 0 Å². The average Bonchev–Trinajstić information content (AvgIpc) is 0.908. The minimum atomic E-state index is -4.97. The number of hydrogen-bond acceptors (Lipinski definition) is 15. The number of hydrogen-bond donors (Lipinski definition) is 3. The Balaban J connectivity index is 5.27. The summed E-state index contributed by atoms with van der Waals surface area (Å²) in [6, 6.07) is 0. The van der Waals surface area contributed by atoms with Crippen molar-refractivity contribution < 1.29 is 80.2 Å². The lowest BCUT2D eigenvalue weighted by atomic mass is 9.99. The van der Waals surface area contributed by atoms with Crippen LogP contribution < -0.4 is 0 Å². The Hall–Kier alpha value is -2.46. The molecule has 0 heterocycles. The summed E-state index contributed by atoms with van der Waals surface area (Å²) >= 11 is 0. The first-order valence-electron chi connectivity index (χ1n) is 43.2. The van der Waals surface area contributed by atoms with Crippen molar-refractivity contribution in [3.63, 3.8) is 0 Å². The van der Waals surface area contributed by atoms with E-state index in [-0.39, 0.29) is 25.7 Å². The van der Waals surface area contributed by atoms with Crippen molar-refractivity contribution in [1.29, 1.82) is 0 Å². The first kappa shape index (κ1) is 102. The van der Waals surface area contributed by atoms with Crippen LogP contribution in [0.25, 0.3) is 0 Å². The maximum atomic E-state index is 13.1. The van der Waals surface area contributed by atoms with Crippen molar-refractivity contribution in [2.45, 2.75) is 439 Å². The van der Waals surface area contributed by atoms with E-state index in [1.54, 1.807) is 0 Å². The Morgan fingerprint density at radius 3 is 0.856 bits per heavy atom. The van der Waals surface area contributed by atoms with E-state index in [0.717, 1.165) is 127 Å². The van der Waals surface area contributed by atoms with Gasteiger partial charge in [0.25, 0.3) is 0 Å². The van der Waals surface area contributed by atoms with E-state index in [2.05, 4.69) is 72.8 Å². The van der Waals surface area contributed by atoms with E-state index in [1.807, 2.05) is 0 Å². The van der Waals surface area contributed by atoms with E-state index < -0.39 is 97.5 Å². The molecule has 0 aromatic carbocycles. The van der Waals surface area contributed by atoms with Gasteiger partial charge in [0.15, 0.2) is 12.2 Å². The van der Waals surface area contributed by atoms with E-state index >= 15 is 0 Å². The molecule has 0 amide bonds. The molecule has 0 saturated carbocycles. The summed E-state index contributed by atoms with van der Waals surface area (Å²) in [4.78, 5) is 73.2. The largest absolute Gasteiger partial charge is 0.472 e. The van der Waals surface area contributed by atoms with Gasteiger partial charge >= 0.3 is 39.5 Å². The molecule has 0 aliphatic rings. The number of esters is 4. The lowest BCUT2D eigenvalue weighted by Crippen LogP contribution is -2.30. The summed E-state index contributed by atoms with van der Waals surface area (Å²) in [6.07, 6.45) is 67.4. The summed E-state index contributed by atoms with van der Waals surface area (Å²) in [5.41, 5.74) is 0. The molecule has 0 bridgehead atoms. The number of phosphoric acid groups is 2. The van der Waals surface area contributed by atoms with E-state index in [0.29, 0.717) is 25.7 Å². The van der Waals surface area contributed by atoms with Gasteiger partial charge in [-0.25, -0.2) is 9.13 Å². The topological polar surface area (TPSA) is 237 Å². The third-order valence-electron chi connectivity index (χ3n) is 19.6. The number of allylic oxidation sites excluding steroid dienone is 4. The van der Waals surface area contributed by atoms with Crippen LogP contribution in [0.2, 0.25) is 0 Å². The van der Waals surface area contributed by atoms with Crippen LogP contribution in [-0.2, 0) is 65.4 Å². The summed E-state index contributed by atoms with van der Waals surface area (Å²) in [5, 5.41) is 10.7. The number of phosphoric ester groups is 2. The Morgan fingerprint density at radius 2 is 0.567 bits per heavy atom. The molecule has 0 aliphatic heterocycles. The third kappa shape index (κ3) is 76.3. The van der Waals surface area contributed by atoms with Gasteiger partial charge < -0.3 is 33.8 Å². The second kappa shape index (κ2) is 74.6. The zero-order valence-electron chi connectivity index (χ0n) is 68.0. The quantitative estimate of drug-likeness (QED) is 0.0169. The van der Waals surface area contributed by atoms with Gasteiger partial charge in [0.05, 0.1) is 26.4 Å². The smallest absolute Gasteiger partial charge is 0.462 e. The maximum Gasteiger partial charge on any atom is 0.472 e. The number of aliphatic hydroxyl groups excluding tert-OH is 1. The highest BCUT2D eigenvalue weighted by Crippen LogP contribution is 2.45. The Bertz CT molecular complexity index is 2110. The second-order valence-corrected chi connectivity index (χ2v) is 34.0. The summed E-state index contributed by atoms with van der Waals surface area (Å²) in [5.74, 6) is 0.250. The van der Waals surface area contributed by atoms with Gasteiger partial charge in [0, 0.05) is 25.7 Å². The van der Waals surface area contributed by atoms with Crippen molar-refractivity contribution in [3.05, 3.63) is 24.3 Å². The molecule has 0 aromatic heterocycles. The Kier molecular flexibility index (Phi) is 72.9. The molecule has 3 unspecified atom stereocenters. The molecule has 0 rings (SSSR count). The van der Waals surface area contributed by atoms with E-state index in [4.69, 9.17) is 37.0 Å². The average molecular weight is 1520 g/mol. The third-order valence-corrected chi connectivity index (χ3v) is 21.5. The van der Waals surface area contributed by atoms with Crippen molar-refractivity contribution >= 4 is 39.5 Å². The number of ether oxygens (including phenoxy) is 4. The fraction of sp³-hybridized carbons (Fsp3) is 0.906. The van der Waals surface area contributed by atoms with Gasteiger partial charge in [-0.3, -0.25) is 37.3 Å². The van der Waals surface area contributed by atoms with Crippen LogP contribution in [0.5, 0.6) is 0 Å². The van der Waals surface area contributed by atoms with Gasteiger partial charge in [0.2, 0.25) is 0 Å². The minimum absolute atomic E-state index is 0.101. The molecular weight excluding hydrogens is 1350 g/mol. The van der Waals surface area contributed by atoms with Crippen LogP contribution in [0.3, 0.4) is 0 Å². The molecule has 0 aromatic rings. The molecule has 0 aliphatic carbocycles. The van der Waals surface area contributed by atoms with E-state index in [9.17, 15) is 43.2 Å². The molecular formula is C85H162O17P2. The molecule has 19 heteroatoms. The van der Waals surface area contributed by atoms with Gasteiger partial charge in [-0.2, -0.15) is 0 Å². The Labute approximate surface area is 637 Å². The molecule has 0 spiro atoms. The number of carbonyl (C=O) groups excluding carboxylic acids is 4. The van der Waals surface area contributed by atoms with Crippen molar-refractivity contribution in [2.24, 2.45) is 17.8 Å². The van der Waals surface area contributed by atoms with Crippen LogP contribution in [0.4, 0.5) is 0 Å². The lowest BCUT2D eigenvalue weighted by molar-refractivity contribution is -0.161. The molecule has 3 N–H and O–H groups in total. The van der Waals surface area contributed by atoms with Crippen LogP contribution in [0.15, 0.2) is 24.3 Å². The van der Waals surface area contributed by atoms with Crippen LogP contribution in [-0.4, -0.2) is 96.7 Å². The minimum Gasteiger partial charge on any atom is -0.462 e. The monoisotopic (exact) mass is 1520 g/mol. The van der Waals surface area contributed by atoms with E-state index in [1.165, 1.54) is 212 Å². The maximum absolute atomic E-state index is 13.1. The van der Waals surface area contributed by atoms with Gasteiger partial charge in [-0.05, 0) is 69.1 Å². The highest BCUT2D eigenvalue weighted by atomic mass is 31.2. The molecule has 0 fully saturated rings. The SMILES string of the molecule is CCCCCC/C=C\C=C/CCCCCCCC(=O)OC[C@H](COP(=O)(O)OC[C@@H](O)COP(=O)(O)OC[C@@H](COC(=O)CCCCCCCCCCCC(C)C)OC(=O)CCCCCCCCCCCCCCC(C)C)OC(=O)CCCCCCCCCCCCCCCCCCCCC(C)CC. The molecule has 0 saturated heterocycles. The first-order chi connectivity index (χ1) is 50.3. The molecule has 6 atom stereocenters. The highest BCUT2D eigenvalue weighted by molar-refractivity contribution is 7.47. The molecule has 17 nitrogen and oxygen atoms in total. The summed E-state index contributed by atoms with van der Waals surface area (Å²) in [7, 11) is -9.94. The number of aliphatic hydroxyl groups is 1. The fourth-order valence-electron chi connectivity index (χ4n) is 12.6. The second-order valence-electron chi connectivity index (χ2n) is 31.1. The predicted octanol–water partition coefficient (Wildman–Crippen LogP) is 25.3.